The number of hydrogen-bond acceptors (Lipinski definition) is 4. The minimum Gasteiger partial charge on any atom is -0.287 e. The minimum absolute atomic E-state index is 0.0608. The van der Waals surface area contributed by atoms with E-state index in [1.807, 2.05) is 41.1 Å². The van der Waals surface area contributed by atoms with Gasteiger partial charge in [0.25, 0.3) is 5.56 Å². The first kappa shape index (κ1) is 18.0. The highest BCUT2D eigenvalue weighted by Gasteiger charge is 2.13. The summed E-state index contributed by atoms with van der Waals surface area (Å²) in [5, 5.41) is 1.49. The van der Waals surface area contributed by atoms with Gasteiger partial charge in [0, 0.05) is 24.7 Å². The maximum absolute atomic E-state index is 13.1. The van der Waals surface area contributed by atoms with Crippen molar-refractivity contribution >= 4 is 22.7 Å². The monoisotopic (exact) mass is 377 g/mol. The van der Waals surface area contributed by atoms with Crippen LogP contribution >= 0.6 is 11.8 Å². The van der Waals surface area contributed by atoms with Crippen LogP contribution in [-0.2, 0) is 12.3 Å². The lowest BCUT2D eigenvalue weighted by Crippen LogP contribution is -2.24. The van der Waals surface area contributed by atoms with Crippen molar-refractivity contribution in [2.45, 2.75) is 49.6 Å². The predicted molar refractivity (Wildman–Crippen MR) is 111 cm³/mol. The number of rotatable bonds is 6. The predicted octanol–water partition coefficient (Wildman–Crippen LogP) is 4.97. The van der Waals surface area contributed by atoms with E-state index in [2.05, 4.69) is 17.1 Å². The molecule has 3 aromatic rings. The van der Waals surface area contributed by atoms with Gasteiger partial charge < -0.3 is 0 Å². The smallest absolute Gasteiger partial charge is 0.262 e. The lowest BCUT2D eigenvalue weighted by molar-refractivity contribution is 0.569. The summed E-state index contributed by atoms with van der Waals surface area (Å²) in [6.07, 6.45) is 11.8. The topological polar surface area (TPSA) is 47.8 Å². The normalized spacial score (nSPS) is 14.3. The van der Waals surface area contributed by atoms with Crippen LogP contribution in [0.3, 0.4) is 0 Å². The van der Waals surface area contributed by atoms with Crippen molar-refractivity contribution in [3.05, 3.63) is 76.4 Å². The van der Waals surface area contributed by atoms with Crippen LogP contribution in [0.4, 0.5) is 0 Å². The molecule has 0 saturated carbocycles. The molecule has 138 valence electrons. The fourth-order valence-corrected chi connectivity index (χ4v) is 4.43. The van der Waals surface area contributed by atoms with E-state index in [4.69, 9.17) is 4.98 Å². The summed E-state index contributed by atoms with van der Waals surface area (Å²) in [6.45, 7) is 0.692. The largest absolute Gasteiger partial charge is 0.287 e. The van der Waals surface area contributed by atoms with Crippen LogP contribution in [0.1, 0.15) is 37.7 Å². The number of pyridine rings is 1. The summed E-state index contributed by atoms with van der Waals surface area (Å²) in [5.41, 5.74) is 3.44. The van der Waals surface area contributed by atoms with E-state index in [1.165, 1.54) is 24.8 Å². The maximum Gasteiger partial charge on any atom is 0.262 e. The van der Waals surface area contributed by atoms with E-state index in [0.29, 0.717) is 11.9 Å². The van der Waals surface area contributed by atoms with Gasteiger partial charge >= 0.3 is 0 Å². The number of nitrogens with zero attached hydrogens (tertiary/aromatic N) is 3. The first-order chi connectivity index (χ1) is 13.3. The van der Waals surface area contributed by atoms with Crippen molar-refractivity contribution in [3.8, 4) is 0 Å². The zero-order chi connectivity index (χ0) is 18.5. The molecule has 0 unspecified atom stereocenters. The number of aromatic nitrogens is 3. The number of fused-ring (bicyclic) bond motifs is 1. The van der Waals surface area contributed by atoms with Crippen molar-refractivity contribution < 1.29 is 0 Å². The number of para-hydroxylation sites is 1. The number of hydrogen-bond donors (Lipinski definition) is 0. The molecule has 1 aromatic carbocycles. The molecule has 0 bridgehead atoms. The molecule has 0 N–H and O–H groups in total. The van der Waals surface area contributed by atoms with E-state index in [9.17, 15) is 4.79 Å². The van der Waals surface area contributed by atoms with Crippen LogP contribution in [0, 0.1) is 0 Å². The van der Waals surface area contributed by atoms with Gasteiger partial charge in [-0.25, -0.2) is 4.98 Å². The van der Waals surface area contributed by atoms with Gasteiger partial charge in [-0.1, -0.05) is 41.6 Å². The Balaban J connectivity index is 1.64. The molecule has 4 nitrogen and oxygen atoms in total. The SMILES string of the molecule is O=c1c2ccccc2nc(SCc2cccnc2)n1CCC1=CCCCC1. The molecule has 0 fully saturated rings. The highest BCUT2D eigenvalue weighted by atomic mass is 32.2. The Labute approximate surface area is 163 Å². The van der Waals surface area contributed by atoms with Crippen LogP contribution in [0.15, 0.2) is 70.4 Å². The van der Waals surface area contributed by atoms with E-state index < -0.39 is 0 Å². The van der Waals surface area contributed by atoms with Gasteiger partial charge in [0.15, 0.2) is 5.16 Å². The second kappa shape index (κ2) is 8.53. The van der Waals surface area contributed by atoms with E-state index in [-0.39, 0.29) is 5.56 Å². The molecular weight excluding hydrogens is 354 g/mol. The molecule has 5 heteroatoms. The molecule has 0 saturated heterocycles. The van der Waals surface area contributed by atoms with Crippen molar-refractivity contribution in [2.75, 3.05) is 0 Å². The van der Waals surface area contributed by atoms with Gasteiger partial charge in [0.05, 0.1) is 10.9 Å². The van der Waals surface area contributed by atoms with Crippen LogP contribution in [0.25, 0.3) is 10.9 Å². The van der Waals surface area contributed by atoms with Crippen LogP contribution in [-0.4, -0.2) is 14.5 Å². The molecule has 0 spiro atoms. The third kappa shape index (κ3) is 4.30. The average Bonchev–Trinajstić information content (AvgIpc) is 2.73. The van der Waals surface area contributed by atoms with Crippen molar-refractivity contribution in [3.63, 3.8) is 0 Å². The van der Waals surface area contributed by atoms with Crippen molar-refractivity contribution in [2.24, 2.45) is 0 Å². The molecular formula is C22H23N3OS. The molecule has 4 rings (SSSR count). The summed E-state index contributed by atoms with van der Waals surface area (Å²) in [7, 11) is 0. The van der Waals surface area contributed by atoms with E-state index in [0.717, 1.165) is 34.8 Å². The average molecular weight is 378 g/mol. The molecule has 1 aliphatic rings. The lowest BCUT2D eigenvalue weighted by atomic mass is 9.97. The van der Waals surface area contributed by atoms with Gasteiger partial charge in [0.1, 0.15) is 0 Å². The van der Waals surface area contributed by atoms with Gasteiger partial charge in [0.2, 0.25) is 0 Å². The standard InChI is InChI=1S/C22H23N3OS/c26-21-19-10-4-5-11-20(19)24-22(27-16-18-9-6-13-23-15-18)25(21)14-12-17-7-2-1-3-8-17/h4-7,9-11,13,15H,1-3,8,12,14,16H2. The number of allylic oxidation sites excluding steroid dienone is 2. The zero-order valence-electron chi connectivity index (χ0n) is 15.3. The fraction of sp³-hybridized carbons (Fsp3) is 0.318. The zero-order valence-corrected chi connectivity index (χ0v) is 16.1. The third-order valence-corrected chi connectivity index (χ3v) is 6.01. The Morgan fingerprint density at radius 2 is 2.04 bits per heavy atom. The second-order valence-electron chi connectivity index (χ2n) is 6.88. The van der Waals surface area contributed by atoms with Crippen LogP contribution in [0.2, 0.25) is 0 Å². The number of benzene rings is 1. The van der Waals surface area contributed by atoms with E-state index >= 15 is 0 Å². The molecule has 0 aliphatic heterocycles. The Bertz CT molecular complexity index is 1010. The first-order valence-corrected chi connectivity index (χ1v) is 10.5. The lowest BCUT2D eigenvalue weighted by Gasteiger charge is -2.16. The highest BCUT2D eigenvalue weighted by molar-refractivity contribution is 7.98. The Kier molecular flexibility index (Phi) is 5.68. The second-order valence-corrected chi connectivity index (χ2v) is 7.82. The molecule has 0 radical (unpaired) electrons. The Morgan fingerprint density at radius 3 is 2.85 bits per heavy atom. The van der Waals surface area contributed by atoms with Gasteiger partial charge in [-0.05, 0) is 55.9 Å². The molecule has 2 heterocycles. The summed E-state index contributed by atoms with van der Waals surface area (Å²) in [5.74, 6) is 0.751. The summed E-state index contributed by atoms with van der Waals surface area (Å²) in [4.78, 5) is 22.1. The van der Waals surface area contributed by atoms with Gasteiger partial charge in [-0.3, -0.25) is 14.3 Å². The summed E-state index contributed by atoms with van der Waals surface area (Å²) < 4.78 is 1.86. The molecule has 0 amide bonds. The molecule has 0 atom stereocenters. The maximum atomic E-state index is 13.1. The van der Waals surface area contributed by atoms with Gasteiger partial charge in [-0.15, -0.1) is 0 Å². The fourth-order valence-electron chi connectivity index (χ4n) is 3.47. The summed E-state index contributed by atoms with van der Waals surface area (Å²) >= 11 is 1.61. The molecule has 2 aromatic heterocycles. The first-order valence-electron chi connectivity index (χ1n) is 9.50. The number of thioether (sulfide) groups is 1. The Morgan fingerprint density at radius 1 is 1.11 bits per heavy atom. The Hall–Kier alpha value is -2.40. The van der Waals surface area contributed by atoms with Crippen LogP contribution < -0.4 is 5.56 Å². The van der Waals surface area contributed by atoms with Gasteiger partial charge in [-0.2, -0.15) is 0 Å². The van der Waals surface area contributed by atoms with Crippen molar-refractivity contribution in [1.29, 1.82) is 0 Å². The highest BCUT2D eigenvalue weighted by Crippen LogP contribution is 2.24. The van der Waals surface area contributed by atoms with Crippen molar-refractivity contribution in [1.82, 2.24) is 14.5 Å². The van der Waals surface area contributed by atoms with Crippen LogP contribution in [0.5, 0.6) is 0 Å². The minimum atomic E-state index is 0.0608. The third-order valence-electron chi connectivity index (χ3n) is 4.96. The molecule has 27 heavy (non-hydrogen) atoms. The van der Waals surface area contributed by atoms with E-state index in [1.54, 1.807) is 18.0 Å². The molecule has 1 aliphatic carbocycles. The summed E-state index contributed by atoms with van der Waals surface area (Å²) in [6, 6.07) is 11.6. The quantitative estimate of drug-likeness (QED) is 0.345.